The van der Waals surface area contributed by atoms with Gasteiger partial charge in [0.25, 0.3) is 5.91 Å². The Morgan fingerprint density at radius 2 is 1.83 bits per heavy atom. The van der Waals surface area contributed by atoms with Crippen molar-refractivity contribution >= 4 is 11.6 Å². The van der Waals surface area contributed by atoms with E-state index in [1.807, 2.05) is 51.2 Å². The molecule has 0 unspecified atom stereocenters. The van der Waals surface area contributed by atoms with Crippen molar-refractivity contribution in [2.45, 2.75) is 33.2 Å². The van der Waals surface area contributed by atoms with Gasteiger partial charge in [-0.1, -0.05) is 35.5 Å². The van der Waals surface area contributed by atoms with E-state index < -0.39 is 0 Å². The lowest BCUT2D eigenvalue weighted by atomic mass is 10.1. The molecule has 4 rings (SSSR count). The van der Waals surface area contributed by atoms with Gasteiger partial charge in [-0.2, -0.15) is 0 Å². The zero-order valence-electron chi connectivity index (χ0n) is 17.3. The predicted octanol–water partition coefficient (Wildman–Crippen LogP) is 3.76. The highest BCUT2D eigenvalue weighted by Crippen LogP contribution is 2.26. The van der Waals surface area contributed by atoms with Crippen LogP contribution in [0.15, 0.2) is 48.5 Å². The third kappa shape index (κ3) is 3.88. The van der Waals surface area contributed by atoms with Gasteiger partial charge in [0.2, 0.25) is 0 Å². The first-order valence-electron chi connectivity index (χ1n) is 10.1. The van der Waals surface area contributed by atoms with E-state index in [0.717, 1.165) is 35.6 Å². The van der Waals surface area contributed by atoms with Crippen molar-refractivity contribution in [3.05, 3.63) is 71.0 Å². The van der Waals surface area contributed by atoms with Gasteiger partial charge in [-0.3, -0.25) is 4.79 Å². The van der Waals surface area contributed by atoms with Crippen LogP contribution in [0.25, 0.3) is 5.69 Å². The lowest BCUT2D eigenvalue weighted by molar-refractivity contribution is 0.0778. The summed E-state index contributed by atoms with van der Waals surface area (Å²) in [6, 6.07) is 16.4. The lowest BCUT2D eigenvalue weighted by Crippen LogP contribution is -2.28. The zero-order chi connectivity index (χ0) is 20.4. The van der Waals surface area contributed by atoms with Crippen LogP contribution in [0.1, 0.15) is 40.2 Å². The van der Waals surface area contributed by atoms with Crippen molar-refractivity contribution < 1.29 is 4.79 Å². The number of carbonyl (C=O) groups excluding carboxylic acids is 1. The van der Waals surface area contributed by atoms with Gasteiger partial charge in [0.05, 0.1) is 11.4 Å². The maximum absolute atomic E-state index is 13.1. The topological polar surface area (TPSA) is 54.3 Å². The summed E-state index contributed by atoms with van der Waals surface area (Å²) in [5.74, 6) is -0.113. The van der Waals surface area contributed by atoms with E-state index in [-0.39, 0.29) is 5.91 Å². The quantitative estimate of drug-likeness (QED) is 0.667. The number of aromatic nitrogens is 3. The van der Waals surface area contributed by atoms with Gasteiger partial charge in [0.1, 0.15) is 0 Å². The Bertz CT molecular complexity index is 1020. The molecular formula is C23H27N5O. The first-order chi connectivity index (χ1) is 14.0. The highest BCUT2D eigenvalue weighted by Gasteiger charge is 2.23. The summed E-state index contributed by atoms with van der Waals surface area (Å²) < 4.78 is 1.73. The molecule has 1 fully saturated rings. The molecule has 0 spiro atoms. The Balaban J connectivity index is 1.55. The number of rotatable bonds is 5. The van der Waals surface area contributed by atoms with Crippen LogP contribution in [-0.2, 0) is 6.54 Å². The summed E-state index contributed by atoms with van der Waals surface area (Å²) in [5.41, 5.74) is 5.59. The van der Waals surface area contributed by atoms with Gasteiger partial charge in [-0.25, -0.2) is 4.68 Å². The normalized spacial score (nSPS) is 13.7. The Morgan fingerprint density at radius 3 is 2.59 bits per heavy atom. The van der Waals surface area contributed by atoms with Crippen molar-refractivity contribution in [1.29, 1.82) is 0 Å². The summed E-state index contributed by atoms with van der Waals surface area (Å²) >= 11 is 0. The van der Waals surface area contributed by atoms with Crippen LogP contribution in [0, 0.1) is 13.8 Å². The molecule has 3 aromatic rings. The number of anilines is 1. The second-order valence-electron chi connectivity index (χ2n) is 7.76. The molecule has 0 radical (unpaired) electrons. The second kappa shape index (κ2) is 8.07. The zero-order valence-corrected chi connectivity index (χ0v) is 17.3. The molecule has 1 aliphatic rings. The van der Waals surface area contributed by atoms with E-state index in [1.165, 1.54) is 18.5 Å². The van der Waals surface area contributed by atoms with Crippen LogP contribution in [-0.4, -0.2) is 45.9 Å². The van der Waals surface area contributed by atoms with Crippen LogP contribution in [0.2, 0.25) is 0 Å². The molecule has 2 aromatic carbocycles. The molecule has 0 N–H and O–H groups in total. The minimum atomic E-state index is -0.113. The van der Waals surface area contributed by atoms with Gasteiger partial charge in [-0.15, -0.1) is 5.10 Å². The van der Waals surface area contributed by atoms with Crippen molar-refractivity contribution in [3.63, 3.8) is 0 Å². The molecule has 6 heteroatoms. The van der Waals surface area contributed by atoms with E-state index in [0.29, 0.717) is 12.2 Å². The van der Waals surface area contributed by atoms with Gasteiger partial charge >= 0.3 is 0 Å². The minimum Gasteiger partial charge on any atom is -0.371 e. The fourth-order valence-corrected chi connectivity index (χ4v) is 3.95. The van der Waals surface area contributed by atoms with Crippen LogP contribution < -0.4 is 4.90 Å². The van der Waals surface area contributed by atoms with Crippen LogP contribution in [0.3, 0.4) is 0 Å². The molecule has 0 saturated carbocycles. The Morgan fingerprint density at radius 1 is 1.07 bits per heavy atom. The summed E-state index contributed by atoms with van der Waals surface area (Å²) in [4.78, 5) is 17.2. The van der Waals surface area contributed by atoms with Gasteiger partial charge in [-0.05, 0) is 56.0 Å². The summed E-state index contributed by atoms with van der Waals surface area (Å²) in [7, 11) is 1.83. The number of hydrogen-bond acceptors (Lipinski definition) is 4. The number of amides is 1. The van der Waals surface area contributed by atoms with E-state index in [2.05, 4.69) is 33.4 Å². The predicted molar refractivity (Wildman–Crippen MR) is 115 cm³/mol. The monoisotopic (exact) mass is 389 g/mol. The average molecular weight is 390 g/mol. The third-order valence-corrected chi connectivity index (χ3v) is 5.54. The molecule has 1 aliphatic heterocycles. The van der Waals surface area contributed by atoms with Crippen LogP contribution in [0.5, 0.6) is 0 Å². The SMILES string of the molecule is Cc1cccc(-n2nnc(C(=O)N(C)Cc3ccccc3N3CCCC3)c2C)c1. The molecule has 6 nitrogen and oxygen atoms in total. The molecule has 1 saturated heterocycles. The standard InChI is InChI=1S/C23H27N5O/c1-17-9-8-11-20(15-17)28-18(2)22(24-25-28)23(29)26(3)16-19-10-4-5-12-21(19)27-13-6-7-14-27/h4-5,8-12,15H,6-7,13-14,16H2,1-3H3. The number of nitrogens with zero attached hydrogens (tertiary/aromatic N) is 5. The van der Waals surface area contributed by atoms with E-state index in [9.17, 15) is 4.79 Å². The molecule has 2 heterocycles. The minimum absolute atomic E-state index is 0.113. The van der Waals surface area contributed by atoms with Crippen molar-refractivity contribution in [2.24, 2.45) is 0 Å². The number of aryl methyl sites for hydroxylation is 1. The van der Waals surface area contributed by atoms with Crippen molar-refractivity contribution in [1.82, 2.24) is 19.9 Å². The molecular weight excluding hydrogens is 362 g/mol. The van der Waals surface area contributed by atoms with E-state index in [1.54, 1.807) is 9.58 Å². The first-order valence-corrected chi connectivity index (χ1v) is 10.1. The highest BCUT2D eigenvalue weighted by molar-refractivity contribution is 5.93. The number of para-hydroxylation sites is 1. The summed E-state index contributed by atoms with van der Waals surface area (Å²) in [6.07, 6.45) is 2.45. The van der Waals surface area contributed by atoms with Gasteiger partial charge in [0, 0.05) is 32.4 Å². The van der Waals surface area contributed by atoms with Gasteiger partial charge < -0.3 is 9.80 Å². The van der Waals surface area contributed by atoms with Crippen LogP contribution >= 0.6 is 0 Å². The number of hydrogen-bond donors (Lipinski definition) is 0. The Kier molecular flexibility index (Phi) is 5.34. The van der Waals surface area contributed by atoms with E-state index in [4.69, 9.17) is 0 Å². The lowest BCUT2D eigenvalue weighted by Gasteiger charge is -2.24. The molecule has 29 heavy (non-hydrogen) atoms. The summed E-state index contributed by atoms with van der Waals surface area (Å²) in [6.45, 7) is 6.63. The molecule has 0 aliphatic carbocycles. The molecule has 150 valence electrons. The first kappa shape index (κ1) is 19.2. The average Bonchev–Trinajstić information content (AvgIpc) is 3.38. The maximum Gasteiger partial charge on any atom is 0.276 e. The van der Waals surface area contributed by atoms with Gasteiger partial charge in [0.15, 0.2) is 5.69 Å². The van der Waals surface area contributed by atoms with Crippen molar-refractivity contribution in [2.75, 3.05) is 25.0 Å². The maximum atomic E-state index is 13.1. The fourth-order valence-electron chi connectivity index (χ4n) is 3.95. The third-order valence-electron chi connectivity index (χ3n) is 5.54. The molecule has 0 bridgehead atoms. The Labute approximate surface area is 171 Å². The Hall–Kier alpha value is -3.15. The molecule has 1 amide bonds. The summed E-state index contributed by atoms with van der Waals surface area (Å²) in [5, 5.41) is 8.42. The molecule has 1 aromatic heterocycles. The number of carbonyl (C=O) groups is 1. The second-order valence-corrected chi connectivity index (χ2v) is 7.76. The largest absolute Gasteiger partial charge is 0.371 e. The van der Waals surface area contributed by atoms with E-state index >= 15 is 0 Å². The van der Waals surface area contributed by atoms with Crippen LogP contribution in [0.4, 0.5) is 5.69 Å². The van der Waals surface area contributed by atoms with Crippen molar-refractivity contribution in [3.8, 4) is 5.69 Å². The highest BCUT2D eigenvalue weighted by atomic mass is 16.2. The number of benzene rings is 2. The smallest absolute Gasteiger partial charge is 0.276 e. The molecule has 0 atom stereocenters. The fraction of sp³-hybridized carbons (Fsp3) is 0.348.